The maximum Gasteiger partial charge on any atom is 0.283 e. The van der Waals surface area contributed by atoms with Gasteiger partial charge in [0.25, 0.3) is 10.0 Å². The van der Waals surface area contributed by atoms with Crippen molar-refractivity contribution in [1.29, 1.82) is 0 Å². The summed E-state index contributed by atoms with van der Waals surface area (Å²) in [7, 11) is -2.09. The molecule has 7 heteroatoms. The molecule has 2 aromatic rings. The summed E-state index contributed by atoms with van der Waals surface area (Å²) in [6.45, 7) is 3.91. The third kappa shape index (κ3) is 3.24. The quantitative estimate of drug-likeness (QED) is 0.793. The van der Waals surface area contributed by atoms with Crippen LogP contribution in [0.5, 0.6) is 0 Å². The molecule has 0 spiro atoms. The van der Waals surface area contributed by atoms with Gasteiger partial charge in [-0.25, -0.2) is 0 Å². The molecule has 114 valence electrons. The number of hydrogen-bond donors (Lipinski definition) is 0. The van der Waals surface area contributed by atoms with E-state index in [0.29, 0.717) is 5.69 Å². The summed E-state index contributed by atoms with van der Waals surface area (Å²) in [4.78, 5) is 1.09. The first-order chi connectivity index (χ1) is 9.86. The molecule has 21 heavy (non-hydrogen) atoms. The zero-order valence-corrected chi connectivity index (χ0v) is 14.1. The van der Waals surface area contributed by atoms with Crippen molar-refractivity contribution in [3.8, 4) is 0 Å². The monoisotopic (exact) mass is 325 g/mol. The average molecular weight is 325 g/mol. The van der Waals surface area contributed by atoms with Crippen LogP contribution < -0.4 is 4.31 Å². The minimum absolute atomic E-state index is 0.0626. The molecule has 0 bridgehead atoms. The van der Waals surface area contributed by atoms with Gasteiger partial charge in [0, 0.05) is 24.2 Å². The third-order valence-corrected chi connectivity index (χ3v) is 5.60. The average Bonchev–Trinajstić information content (AvgIpc) is 2.97. The molecule has 0 aliphatic carbocycles. The van der Waals surface area contributed by atoms with Crippen molar-refractivity contribution in [3.63, 3.8) is 0 Å². The first-order valence-electron chi connectivity index (χ1n) is 6.54. The third-order valence-electron chi connectivity index (χ3n) is 3.17. The van der Waals surface area contributed by atoms with E-state index in [4.69, 9.17) is 0 Å². The highest BCUT2D eigenvalue weighted by atomic mass is 32.2. The normalized spacial score (nSPS) is 11.9. The molecular weight excluding hydrogens is 306 g/mol. The van der Waals surface area contributed by atoms with Gasteiger partial charge in [-0.1, -0.05) is 0 Å². The van der Waals surface area contributed by atoms with Crippen molar-refractivity contribution < 1.29 is 8.42 Å². The molecule has 5 nitrogen and oxygen atoms in total. The summed E-state index contributed by atoms with van der Waals surface area (Å²) >= 11 is 1.62. The lowest BCUT2D eigenvalue weighted by molar-refractivity contribution is 0.516. The van der Waals surface area contributed by atoms with Crippen molar-refractivity contribution in [2.75, 3.05) is 17.6 Å². The van der Waals surface area contributed by atoms with Gasteiger partial charge < -0.3 is 0 Å². The van der Waals surface area contributed by atoms with Gasteiger partial charge in [0.1, 0.15) is 0 Å². The lowest BCUT2D eigenvalue weighted by Gasteiger charge is -2.18. The van der Waals surface area contributed by atoms with E-state index in [1.54, 1.807) is 34.8 Å². The van der Waals surface area contributed by atoms with Gasteiger partial charge in [-0.05, 0) is 50.4 Å². The van der Waals surface area contributed by atoms with Crippen LogP contribution in [0.3, 0.4) is 0 Å². The van der Waals surface area contributed by atoms with E-state index in [9.17, 15) is 8.42 Å². The molecule has 0 radical (unpaired) electrons. The fraction of sp³-hybridized carbons (Fsp3) is 0.357. The Kier molecular flexibility index (Phi) is 4.63. The second-order valence-electron chi connectivity index (χ2n) is 4.90. The fourth-order valence-electron chi connectivity index (χ4n) is 1.82. The Morgan fingerprint density at radius 1 is 1.19 bits per heavy atom. The van der Waals surface area contributed by atoms with Crippen LogP contribution in [0.4, 0.5) is 5.69 Å². The van der Waals surface area contributed by atoms with Crippen LogP contribution >= 0.6 is 11.8 Å². The van der Waals surface area contributed by atoms with Crippen molar-refractivity contribution in [3.05, 3.63) is 36.5 Å². The Morgan fingerprint density at radius 2 is 1.81 bits per heavy atom. The number of anilines is 1. The van der Waals surface area contributed by atoms with Crippen LogP contribution in [0.2, 0.25) is 0 Å². The number of rotatable bonds is 5. The highest BCUT2D eigenvalue weighted by Crippen LogP contribution is 2.24. The maximum atomic E-state index is 12.6. The second-order valence-corrected chi connectivity index (χ2v) is 7.69. The largest absolute Gasteiger partial charge is 0.283 e. The molecule has 0 amide bonds. The van der Waals surface area contributed by atoms with E-state index in [0.717, 1.165) is 4.90 Å². The fourth-order valence-corrected chi connectivity index (χ4v) is 3.34. The maximum absolute atomic E-state index is 12.6. The number of aromatic nitrogens is 2. The first-order valence-corrected chi connectivity index (χ1v) is 9.21. The number of thioether (sulfide) groups is 1. The number of nitrogens with zero attached hydrogens (tertiary/aromatic N) is 3. The van der Waals surface area contributed by atoms with Crippen molar-refractivity contribution >= 4 is 27.5 Å². The Balaban J connectivity index is 2.32. The number of benzene rings is 1. The molecule has 2 rings (SSSR count). The second kappa shape index (κ2) is 6.11. The zero-order chi connectivity index (χ0) is 15.6. The van der Waals surface area contributed by atoms with Gasteiger partial charge in [0.2, 0.25) is 0 Å². The van der Waals surface area contributed by atoms with Crippen LogP contribution in [0, 0.1) is 0 Å². The van der Waals surface area contributed by atoms with Crippen molar-refractivity contribution in [2.24, 2.45) is 0 Å². The molecule has 0 unspecified atom stereocenters. The van der Waals surface area contributed by atoms with Crippen molar-refractivity contribution in [2.45, 2.75) is 29.8 Å². The van der Waals surface area contributed by atoms with Crippen LogP contribution in [0.15, 0.2) is 46.5 Å². The van der Waals surface area contributed by atoms with Crippen molar-refractivity contribution in [1.82, 2.24) is 9.78 Å². The highest BCUT2D eigenvalue weighted by Gasteiger charge is 2.24. The predicted octanol–water partition coefficient (Wildman–Crippen LogP) is 3.01. The number of hydrogen-bond acceptors (Lipinski definition) is 4. The smallest absolute Gasteiger partial charge is 0.269 e. The topological polar surface area (TPSA) is 55.2 Å². The summed E-state index contributed by atoms with van der Waals surface area (Å²) in [5.41, 5.74) is 0.617. The Labute approximate surface area is 130 Å². The SMILES string of the molecule is CSc1ccc(N(C)S(=O)(=O)c2ccn(C(C)C)n2)cc1. The molecule has 0 saturated heterocycles. The van der Waals surface area contributed by atoms with Crippen LogP contribution in [-0.4, -0.2) is 31.5 Å². The Hall–Kier alpha value is -1.47. The molecule has 1 heterocycles. The summed E-state index contributed by atoms with van der Waals surface area (Å²) < 4.78 is 28.0. The molecule has 0 saturated carbocycles. The van der Waals surface area contributed by atoms with E-state index < -0.39 is 10.0 Å². The zero-order valence-electron chi connectivity index (χ0n) is 12.5. The molecule has 0 aliphatic rings. The summed E-state index contributed by atoms with van der Waals surface area (Å²) in [6, 6.07) is 9.05. The molecular formula is C14H19N3O2S2. The summed E-state index contributed by atoms with van der Waals surface area (Å²) in [6.07, 6.45) is 3.66. The van der Waals surface area contributed by atoms with Crippen LogP contribution in [-0.2, 0) is 10.0 Å². The van der Waals surface area contributed by atoms with E-state index in [-0.39, 0.29) is 11.1 Å². The molecule has 0 aliphatic heterocycles. The van der Waals surface area contributed by atoms with E-state index in [1.807, 2.05) is 32.2 Å². The molecule has 0 atom stereocenters. The Morgan fingerprint density at radius 3 is 2.29 bits per heavy atom. The van der Waals surface area contributed by atoms with Crippen LogP contribution in [0.1, 0.15) is 19.9 Å². The van der Waals surface area contributed by atoms with Gasteiger partial charge in [-0.15, -0.1) is 11.8 Å². The van der Waals surface area contributed by atoms with Gasteiger partial charge >= 0.3 is 0 Å². The van der Waals surface area contributed by atoms with E-state index in [1.165, 1.54) is 17.4 Å². The van der Waals surface area contributed by atoms with Gasteiger partial charge in [-0.3, -0.25) is 8.99 Å². The molecule has 0 N–H and O–H groups in total. The van der Waals surface area contributed by atoms with E-state index in [2.05, 4.69) is 5.10 Å². The number of sulfonamides is 1. The van der Waals surface area contributed by atoms with Gasteiger partial charge in [-0.2, -0.15) is 13.5 Å². The van der Waals surface area contributed by atoms with Gasteiger partial charge in [0.05, 0.1) is 5.69 Å². The van der Waals surface area contributed by atoms with Crippen LogP contribution in [0.25, 0.3) is 0 Å². The summed E-state index contributed by atoms with van der Waals surface area (Å²) in [5, 5.41) is 4.21. The lowest BCUT2D eigenvalue weighted by atomic mass is 10.3. The van der Waals surface area contributed by atoms with Gasteiger partial charge in [0.15, 0.2) is 5.03 Å². The predicted molar refractivity (Wildman–Crippen MR) is 86.4 cm³/mol. The minimum Gasteiger partial charge on any atom is -0.269 e. The molecule has 1 aromatic carbocycles. The molecule has 0 fully saturated rings. The highest BCUT2D eigenvalue weighted by molar-refractivity contribution is 7.98. The minimum atomic E-state index is -3.63. The molecule has 1 aromatic heterocycles. The first kappa shape index (κ1) is 15.9. The summed E-state index contributed by atoms with van der Waals surface area (Å²) in [5.74, 6) is 0. The standard InChI is InChI=1S/C14H19N3O2S2/c1-11(2)17-10-9-14(15-17)21(18,19)16(3)12-5-7-13(20-4)8-6-12/h5-11H,1-4H3. The van der Waals surface area contributed by atoms with E-state index >= 15 is 0 Å². The Bertz CT molecular complexity index is 706. The lowest BCUT2D eigenvalue weighted by Crippen LogP contribution is -2.27.